The minimum atomic E-state index is -0.574. The molecule has 0 aromatic rings. The molecule has 1 fully saturated rings. The Morgan fingerprint density at radius 2 is 2.06 bits per heavy atom. The lowest BCUT2D eigenvalue weighted by atomic mass is 9.57. The molecular formula is C14H18N2O2. The Morgan fingerprint density at radius 3 is 2.67 bits per heavy atom. The summed E-state index contributed by atoms with van der Waals surface area (Å²) in [4.78, 5) is 27.2. The molecule has 2 aliphatic rings. The summed E-state index contributed by atoms with van der Waals surface area (Å²) in [6.45, 7) is 13.5. The van der Waals surface area contributed by atoms with Crippen molar-refractivity contribution in [1.82, 2.24) is 5.32 Å². The molecule has 96 valence electrons. The molecule has 0 saturated carbocycles. The van der Waals surface area contributed by atoms with Gasteiger partial charge in [-0.2, -0.15) is 0 Å². The maximum Gasteiger partial charge on any atom is 0.226 e. The van der Waals surface area contributed by atoms with Gasteiger partial charge in [-0.25, -0.2) is 4.85 Å². The van der Waals surface area contributed by atoms with Gasteiger partial charge in [0.25, 0.3) is 0 Å². The minimum absolute atomic E-state index is 0.0339. The van der Waals surface area contributed by atoms with Gasteiger partial charge in [-0.1, -0.05) is 26.8 Å². The van der Waals surface area contributed by atoms with Crippen LogP contribution in [0.3, 0.4) is 0 Å². The van der Waals surface area contributed by atoms with Crippen LogP contribution in [0.25, 0.3) is 4.85 Å². The van der Waals surface area contributed by atoms with Crippen LogP contribution in [0.5, 0.6) is 0 Å². The molecule has 0 radical (unpaired) electrons. The molecule has 1 heterocycles. The van der Waals surface area contributed by atoms with Gasteiger partial charge in [-0.15, -0.1) is 0 Å². The van der Waals surface area contributed by atoms with E-state index in [2.05, 4.69) is 10.2 Å². The number of allylic oxidation sites excluding steroid dienone is 1. The van der Waals surface area contributed by atoms with Crippen LogP contribution in [0, 0.1) is 23.3 Å². The summed E-state index contributed by atoms with van der Waals surface area (Å²) >= 11 is 0. The maximum absolute atomic E-state index is 12.3. The smallest absolute Gasteiger partial charge is 0.226 e. The predicted molar refractivity (Wildman–Crippen MR) is 67.3 cm³/mol. The molecule has 4 nitrogen and oxygen atoms in total. The first-order valence-electron chi connectivity index (χ1n) is 6.23. The van der Waals surface area contributed by atoms with Crippen LogP contribution < -0.4 is 5.32 Å². The average molecular weight is 246 g/mol. The Kier molecular flexibility index (Phi) is 2.81. The van der Waals surface area contributed by atoms with E-state index in [1.165, 1.54) is 0 Å². The second kappa shape index (κ2) is 3.94. The normalized spacial score (nSPS) is 34.8. The Hall–Kier alpha value is -1.63. The Bertz CT molecular complexity index is 485. The van der Waals surface area contributed by atoms with E-state index in [-0.39, 0.29) is 28.7 Å². The van der Waals surface area contributed by atoms with Crippen LogP contribution >= 0.6 is 0 Å². The van der Waals surface area contributed by atoms with Gasteiger partial charge in [0.05, 0.1) is 6.57 Å². The molecule has 1 aliphatic heterocycles. The molecule has 0 bridgehead atoms. The van der Waals surface area contributed by atoms with Crippen LogP contribution in [0.4, 0.5) is 0 Å². The van der Waals surface area contributed by atoms with Crippen molar-refractivity contribution in [2.75, 3.05) is 6.54 Å². The van der Waals surface area contributed by atoms with Gasteiger partial charge in [-0.3, -0.25) is 4.79 Å². The molecule has 0 aromatic carbocycles. The van der Waals surface area contributed by atoms with E-state index in [4.69, 9.17) is 6.57 Å². The number of nitrogens with one attached hydrogen (secondary N) is 1. The Morgan fingerprint density at radius 1 is 1.39 bits per heavy atom. The summed E-state index contributed by atoms with van der Waals surface area (Å²) in [5.41, 5.74) is -0.658. The van der Waals surface area contributed by atoms with E-state index < -0.39 is 5.41 Å². The number of rotatable bonds is 0. The highest BCUT2D eigenvalue weighted by atomic mass is 16.1. The number of carbonyl (C=O) groups is 2. The molecule has 0 aromatic heterocycles. The number of amides is 1. The van der Waals surface area contributed by atoms with Crippen LogP contribution in [0.15, 0.2) is 11.8 Å². The zero-order valence-electron chi connectivity index (χ0n) is 11.0. The SMILES string of the molecule is [C-]#[N+]C1=C[C@]2(C)CNC(=O)CC[C@H]2C(C)(C)C1=O. The van der Waals surface area contributed by atoms with Gasteiger partial charge in [0, 0.05) is 18.4 Å². The fraction of sp³-hybridized carbons (Fsp3) is 0.643. The average Bonchev–Trinajstić information content (AvgIpc) is 2.45. The van der Waals surface area contributed by atoms with Crippen molar-refractivity contribution in [3.63, 3.8) is 0 Å². The monoisotopic (exact) mass is 246 g/mol. The summed E-state index contributed by atoms with van der Waals surface area (Å²) in [5.74, 6) is 0.0444. The number of fused-ring (bicyclic) bond motifs is 1. The Labute approximate surface area is 107 Å². The van der Waals surface area contributed by atoms with Crippen LogP contribution in [-0.2, 0) is 9.59 Å². The third-order valence-corrected chi connectivity index (χ3v) is 4.40. The highest BCUT2D eigenvalue weighted by Crippen LogP contribution is 2.50. The number of carbonyl (C=O) groups excluding carboxylic acids is 2. The zero-order chi connectivity index (χ0) is 13.6. The first-order chi connectivity index (χ1) is 8.31. The van der Waals surface area contributed by atoms with Crippen LogP contribution in [0.1, 0.15) is 33.6 Å². The highest BCUT2D eigenvalue weighted by molar-refractivity contribution is 6.02. The topological polar surface area (TPSA) is 50.5 Å². The highest BCUT2D eigenvalue weighted by Gasteiger charge is 2.51. The van der Waals surface area contributed by atoms with E-state index in [0.717, 1.165) is 0 Å². The van der Waals surface area contributed by atoms with Crippen molar-refractivity contribution in [2.45, 2.75) is 33.6 Å². The largest absolute Gasteiger partial charge is 0.355 e. The lowest BCUT2D eigenvalue weighted by Crippen LogP contribution is -2.48. The van der Waals surface area contributed by atoms with E-state index in [0.29, 0.717) is 19.4 Å². The van der Waals surface area contributed by atoms with E-state index in [1.807, 2.05) is 20.8 Å². The second-order valence-electron chi connectivity index (χ2n) is 6.07. The van der Waals surface area contributed by atoms with Crippen molar-refractivity contribution < 1.29 is 9.59 Å². The fourth-order valence-electron chi connectivity index (χ4n) is 3.39. The minimum Gasteiger partial charge on any atom is -0.355 e. The lowest BCUT2D eigenvalue weighted by molar-refractivity contribution is -0.129. The second-order valence-corrected chi connectivity index (χ2v) is 6.07. The third-order valence-electron chi connectivity index (χ3n) is 4.40. The number of Topliss-reactive ketones (excluding diaryl/α,β-unsaturated/α-hetero) is 1. The number of nitrogens with zero attached hydrogens (tertiary/aromatic N) is 1. The van der Waals surface area contributed by atoms with E-state index >= 15 is 0 Å². The maximum atomic E-state index is 12.3. The van der Waals surface area contributed by atoms with Crippen molar-refractivity contribution in [1.29, 1.82) is 0 Å². The lowest BCUT2D eigenvalue weighted by Gasteiger charge is -2.46. The van der Waals surface area contributed by atoms with Gasteiger partial charge in [0.2, 0.25) is 11.6 Å². The van der Waals surface area contributed by atoms with E-state index in [1.54, 1.807) is 6.08 Å². The molecule has 1 amide bonds. The van der Waals surface area contributed by atoms with E-state index in [9.17, 15) is 9.59 Å². The number of ketones is 1. The molecule has 4 heteroatoms. The standard InChI is InChI=1S/C14H18N2O2/c1-13(2)10-5-6-11(17)16-8-14(10,3)7-9(15-4)12(13)18/h7,10H,5-6,8H2,1-3H3,(H,16,17)/t10-,14+/m0/s1. The van der Waals surface area contributed by atoms with Gasteiger partial charge < -0.3 is 10.1 Å². The first kappa shape index (κ1) is 12.8. The quantitative estimate of drug-likeness (QED) is 0.664. The zero-order valence-corrected chi connectivity index (χ0v) is 11.0. The summed E-state index contributed by atoms with van der Waals surface area (Å²) in [6, 6.07) is 0. The van der Waals surface area contributed by atoms with Gasteiger partial charge in [-0.05, 0) is 17.8 Å². The molecular weight excluding hydrogens is 228 g/mol. The summed E-state index contributed by atoms with van der Waals surface area (Å²) in [6.07, 6.45) is 2.92. The molecule has 2 rings (SSSR count). The van der Waals surface area contributed by atoms with Crippen molar-refractivity contribution >= 4 is 11.7 Å². The molecule has 1 saturated heterocycles. The van der Waals surface area contributed by atoms with Crippen LogP contribution in [0.2, 0.25) is 0 Å². The molecule has 18 heavy (non-hydrogen) atoms. The summed E-state index contributed by atoms with van der Waals surface area (Å²) < 4.78 is 0. The summed E-state index contributed by atoms with van der Waals surface area (Å²) in [5, 5.41) is 2.88. The van der Waals surface area contributed by atoms with Crippen LogP contribution in [-0.4, -0.2) is 18.2 Å². The van der Waals surface area contributed by atoms with Gasteiger partial charge >= 0.3 is 0 Å². The molecule has 1 N–H and O–H groups in total. The number of hydrogen-bond donors (Lipinski definition) is 1. The molecule has 0 unspecified atom stereocenters. The third kappa shape index (κ3) is 1.74. The Balaban J connectivity index is 2.53. The summed E-state index contributed by atoms with van der Waals surface area (Å²) in [7, 11) is 0. The predicted octanol–water partition coefficient (Wildman–Crippen LogP) is 1.93. The first-order valence-corrected chi connectivity index (χ1v) is 6.23. The molecule has 2 atom stereocenters. The van der Waals surface area contributed by atoms with Gasteiger partial charge in [0.1, 0.15) is 0 Å². The molecule has 1 aliphatic carbocycles. The number of hydrogen-bond acceptors (Lipinski definition) is 2. The van der Waals surface area contributed by atoms with Crippen molar-refractivity contribution in [3.05, 3.63) is 23.2 Å². The van der Waals surface area contributed by atoms with Crippen molar-refractivity contribution in [3.8, 4) is 0 Å². The fourth-order valence-corrected chi connectivity index (χ4v) is 3.39. The van der Waals surface area contributed by atoms with Crippen molar-refractivity contribution in [2.24, 2.45) is 16.7 Å². The van der Waals surface area contributed by atoms with Gasteiger partial charge in [0.15, 0.2) is 5.78 Å². The molecule has 0 spiro atoms.